The summed E-state index contributed by atoms with van der Waals surface area (Å²) in [6.45, 7) is 27.0. The maximum atomic E-state index is 7.19. The van der Waals surface area contributed by atoms with Crippen molar-refractivity contribution >= 4 is 38.0 Å². The van der Waals surface area contributed by atoms with E-state index in [0.29, 0.717) is 0 Å². The Morgan fingerprint density at radius 3 is 1.26 bits per heavy atom. The molecule has 42 heavy (non-hydrogen) atoms. The average molecular weight is 650 g/mol. The Balaban J connectivity index is 1.99. The van der Waals surface area contributed by atoms with Gasteiger partial charge in [0.05, 0.1) is 0 Å². The van der Waals surface area contributed by atoms with E-state index in [1.807, 2.05) is 12.4 Å². The molecule has 1 aliphatic heterocycles. The summed E-state index contributed by atoms with van der Waals surface area (Å²) in [5.41, 5.74) is 6.42. The molecule has 2 aromatic rings. The van der Waals surface area contributed by atoms with Crippen molar-refractivity contribution in [3.05, 3.63) is 57.6 Å². The predicted octanol–water partition coefficient (Wildman–Crippen LogP) is 9.72. The molecule has 1 heterocycles. The molecular formula is C36H52ClGaN2O2. The van der Waals surface area contributed by atoms with E-state index in [1.54, 1.807) is 0 Å². The van der Waals surface area contributed by atoms with Crippen LogP contribution in [0.4, 0.5) is 0 Å². The van der Waals surface area contributed by atoms with Crippen LogP contribution in [0.3, 0.4) is 0 Å². The summed E-state index contributed by atoms with van der Waals surface area (Å²) in [4.78, 5) is 10.4. The monoisotopic (exact) mass is 648 g/mol. The molecule has 2 atom stereocenters. The molecule has 1 aliphatic carbocycles. The zero-order valence-electron chi connectivity index (χ0n) is 28.1. The van der Waals surface area contributed by atoms with Crippen molar-refractivity contribution in [3.63, 3.8) is 0 Å². The molecule has 0 N–H and O–H groups in total. The molecule has 228 valence electrons. The maximum absolute atomic E-state index is 7.19. The van der Waals surface area contributed by atoms with Gasteiger partial charge in [-0.15, -0.1) is 0 Å². The molecule has 0 aromatic heterocycles. The number of benzene rings is 2. The average Bonchev–Trinajstić information content (AvgIpc) is 2.85. The summed E-state index contributed by atoms with van der Waals surface area (Å²) in [6.07, 6.45) is 8.49. The minimum absolute atomic E-state index is 0.0225. The fourth-order valence-electron chi connectivity index (χ4n) is 5.74. The Labute approximate surface area is 265 Å². The van der Waals surface area contributed by atoms with E-state index in [-0.39, 0.29) is 33.7 Å². The van der Waals surface area contributed by atoms with Crippen molar-refractivity contribution in [1.82, 2.24) is 0 Å². The molecule has 6 heteroatoms. The van der Waals surface area contributed by atoms with Gasteiger partial charge in [0.2, 0.25) is 0 Å². The van der Waals surface area contributed by atoms with E-state index in [1.165, 1.54) is 24.0 Å². The Kier molecular flexibility index (Phi) is 9.49. The third-order valence-electron chi connectivity index (χ3n) is 8.51. The van der Waals surface area contributed by atoms with Crippen molar-refractivity contribution in [2.24, 2.45) is 9.98 Å². The minimum atomic E-state index is -3.33. The topological polar surface area (TPSA) is 43.2 Å². The molecule has 0 saturated heterocycles. The van der Waals surface area contributed by atoms with Crippen molar-refractivity contribution in [2.75, 3.05) is 0 Å². The van der Waals surface area contributed by atoms with Gasteiger partial charge >= 0.3 is 267 Å². The van der Waals surface area contributed by atoms with E-state index in [0.717, 1.165) is 46.6 Å². The van der Waals surface area contributed by atoms with Crippen molar-refractivity contribution in [3.8, 4) is 11.5 Å². The third-order valence-corrected chi connectivity index (χ3v) is 11.2. The van der Waals surface area contributed by atoms with Crippen LogP contribution in [0.5, 0.6) is 11.5 Å². The summed E-state index contributed by atoms with van der Waals surface area (Å²) in [6, 6.07) is 9.34. The van der Waals surface area contributed by atoms with Crippen LogP contribution < -0.4 is 7.06 Å². The quantitative estimate of drug-likeness (QED) is 0.267. The zero-order chi connectivity index (χ0) is 31.3. The summed E-state index contributed by atoms with van der Waals surface area (Å²) in [5, 5.41) is 0. The number of aliphatic imine (C=N–C) groups is 2. The molecule has 0 amide bonds. The number of hydrogen-bond donors (Lipinski definition) is 0. The van der Waals surface area contributed by atoms with Gasteiger partial charge in [-0.1, -0.05) is 0 Å². The first-order chi connectivity index (χ1) is 19.2. The fraction of sp³-hybridized carbons (Fsp3) is 0.611. The van der Waals surface area contributed by atoms with Gasteiger partial charge in [0.25, 0.3) is 0 Å². The summed E-state index contributed by atoms with van der Waals surface area (Å²) in [5.74, 6) is 1.63. The molecular weight excluding hydrogens is 598 g/mol. The number of fused-ring (bicyclic) bond motifs is 3. The molecule has 0 radical (unpaired) electrons. The van der Waals surface area contributed by atoms with Gasteiger partial charge in [-0.25, -0.2) is 0 Å². The van der Waals surface area contributed by atoms with E-state index in [2.05, 4.69) is 107 Å². The van der Waals surface area contributed by atoms with Crippen LogP contribution in [0.25, 0.3) is 0 Å². The van der Waals surface area contributed by atoms with Gasteiger partial charge in [0, 0.05) is 0 Å². The molecule has 4 nitrogen and oxygen atoms in total. The van der Waals surface area contributed by atoms with Gasteiger partial charge in [0.1, 0.15) is 0 Å². The van der Waals surface area contributed by atoms with Crippen LogP contribution in [0.2, 0.25) is 0 Å². The molecule has 0 spiro atoms. The van der Waals surface area contributed by atoms with Crippen LogP contribution >= 0.6 is 9.64 Å². The van der Waals surface area contributed by atoms with E-state index in [4.69, 9.17) is 26.7 Å². The van der Waals surface area contributed by atoms with Crippen molar-refractivity contribution in [2.45, 2.75) is 143 Å². The molecule has 0 bridgehead atoms. The normalized spacial score (nSPS) is 20.3. The van der Waals surface area contributed by atoms with Gasteiger partial charge < -0.3 is 0 Å². The predicted molar refractivity (Wildman–Crippen MR) is 182 cm³/mol. The van der Waals surface area contributed by atoms with Crippen molar-refractivity contribution < 1.29 is 7.06 Å². The Morgan fingerprint density at radius 1 is 0.595 bits per heavy atom. The van der Waals surface area contributed by atoms with Crippen molar-refractivity contribution in [1.29, 1.82) is 0 Å². The molecule has 2 aliphatic rings. The number of rotatable bonds is 0. The molecule has 1 saturated carbocycles. The third kappa shape index (κ3) is 7.68. The Hall–Kier alpha value is -1.69. The number of nitrogens with zero attached hydrogens (tertiary/aromatic N) is 2. The number of hydrogen-bond acceptors (Lipinski definition) is 4. The second-order valence-corrected chi connectivity index (χ2v) is 20.4. The summed E-state index contributed by atoms with van der Waals surface area (Å²) in [7, 11) is 7.19. The molecule has 2 aromatic carbocycles. The van der Waals surface area contributed by atoms with Gasteiger partial charge in [-0.2, -0.15) is 0 Å². The summed E-state index contributed by atoms with van der Waals surface area (Å²) < 4.78 is 13.6. The first-order valence-corrected chi connectivity index (χ1v) is 20.8. The van der Waals surface area contributed by atoms with Crippen LogP contribution in [0.15, 0.2) is 34.3 Å². The first kappa shape index (κ1) is 33.2. The fourth-order valence-corrected chi connectivity index (χ4v) is 8.65. The first-order valence-electron chi connectivity index (χ1n) is 15.7. The van der Waals surface area contributed by atoms with Gasteiger partial charge in [0.15, 0.2) is 0 Å². The second-order valence-electron chi connectivity index (χ2n) is 16.4. The standard InChI is InChI=1S/C36H54N2O2.ClH.Ga/c1-33(2,3)25-17-23(31(39)27(19-25)35(7,8)9)21-37-29-15-13-14-16-30(29)38-22-24-18-26(34(4,5)6)20-28(32(24)40)36(10,11)12;;/h17-22,29-30,39-40H,13-16H2,1-12H3;1H;/q;;+3/p-3. The van der Waals surface area contributed by atoms with E-state index < -0.39 is 15.9 Å². The summed E-state index contributed by atoms with van der Waals surface area (Å²) >= 11 is -3.33. The Morgan fingerprint density at radius 2 is 0.952 bits per heavy atom. The molecule has 2 unspecified atom stereocenters. The molecule has 4 rings (SSSR count). The van der Waals surface area contributed by atoms with E-state index in [9.17, 15) is 0 Å². The van der Waals surface area contributed by atoms with Crippen LogP contribution in [0.1, 0.15) is 142 Å². The Bertz CT molecular complexity index is 1250. The molecule has 1 fully saturated rings. The van der Waals surface area contributed by atoms with Gasteiger partial charge in [-0.3, -0.25) is 0 Å². The van der Waals surface area contributed by atoms with Crippen LogP contribution in [0, 0.1) is 0 Å². The van der Waals surface area contributed by atoms with Gasteiger partial charge in [-0.05, 0) is 0 Å². The number of halogens is 1. The second kappa shape index (κ2) is 12.0. The zero-order valence-corrected chi connectivity index (χ0v) is 31.3. The van der Waals surface area contributed by atoms with E-state index >= 15 is 0 Å². The van der Waals surface area contributed by atoms with Crippen LogP contribution in [-0.4, -0.2) is 40.5 Å². The SMILES string of the molecule is CC(C)(C)c1cc2c(c(C(C)(C)C)c1)[O][Ga]([Cl])[O]c1c(cc(C(C)(C)C)cc1C(C)(C)C)C=NC1CCCCC1N=C2. The van der Waals surface area contributed by atoms with Crippen LogP contribution in [-0.2, 0) is 21.7 Å².